The van der Waals surface area contributed by atoms with Gasteiger partial charge in [0.25, 0.3) is 0 Å². The number of carbonyl (C=O) groups is 6. The van der Waals surface area contributed by atoms with Gasteiger partial charge in [-0.3, -0.25) is 24.0 Å². The minimum Gasteiger partial charge on any atom is -0.481 e. The second-order valence-corrected chi connectivity index (χ2v) is 8.04. The number of hydrogen-bond acceptors (Lipinski definition) is 8. The number of aliphatic carboxylic acids is 2. The topological polar surface area (TPSA) is 251 Å². The number of amides is 4. The van der Waals surface area contributed by atoms with Crippen LogP contribution in [0.2, 0.25) is 0 Å². The zero-order chi connectivity index (χ0) is 26.6. The molecule has 0 saturated carbocycles. The van der Waals surface area contributed by atoms with Crippen LogP contribution in [0.4, 0.5) is 0 Å². The first-order valence-electron chi connectivity index (χ1n) is 10.8. The standard InChI is InChI=1S/C20H35N5O9/c1-4-9(2)15(22)18(31)23-11(5-7-13(21)27)17(30)25-16(10(3)26)19(32)24-12(20(33)34)6-8-14(28)29/h9-12,15-16,26H,4-8,22H2,1-3H3,(H2,21,27)(H,23,31)(H,24,32)(H,25,30)(H,28,29)(H,33,34). The van der Waals surface area contributed by atoms with Crippen molar-refractivity contribution in [2.75, 3.05) is 0 Å². The van der Waals surface area contributed by atoms with Crippen LogP contribution in [0.15, 0.2) is 0 Å². The van der Waals surface area contributed by atoms with Gasteiger partial charge < -0.3 is 42.7 Å². The largest absolute Gasteiger partial charge is 0.481 e. The fraction of sp³-hybridized carbons (Fsp3) is 0.700. The van der Waals surface area contributed by atoms with E-state index in [-0.39, 0.29) is 18.8 Å². The molecule has 0 aromatic carbocycles. The third-order valence-electron chi connectivity index (χ3n) is 5.20. The average molecular weight is 490 g/mol. The summed E-state index contributed by atoms with van der Waals surface area (Å²) < 4.78 is 0. The Morgan fingerprint density at radius 2 is 1.35 bits per heavy atom. The van der Waals surface area contributed by atoms with Crippen LogP contribution in [0, 0.1) is 5.92 Å². The van der Waals surface area contributed by atoms with Gasteiger partial charge in [0, 0.05) is 12.8 Å². The van der Waals surface area contributed by atoms with E-state index in [4.69, 9.17) is 16.6 Å². The van der Waals surface area contributed by atoms with Crippen molar-refractivity contribution in [2.45, 2.75) is 83.1 Å². The highest BCUT2D eigenvalue weighted by Crippen LogP contribution is 2.08. The normalized spacial score (nSPS) is 16.1. The van der Waals surface area contributed by atoms with Crippen LogP contribution in [-0.4, -0.2) is 81.2 Å². The molecule has 4 amide bonds. The van der Waals surface area contributed by atoms with Crippen molar-refractivity contribution in [3.63, 3.8) is 0 Å². The van der Waals surface area contributed by atoms with Crippen molar-refractivity contribution in [3.8, 4) is 0 Å². The van der Waals surface area contributed by atoms with Crippen molar-refractivity contribution in [1.82, 2.24) is 16.0 Å². The molecule has 0 aromatic heterocycles. The number of primary amides is 1. The van der Waals surface area contributed by atoms with Crippen molar-refractivity contribution in [1.29, 1.82) is 0 Å². The summed E-state index contributed by atoms with van der Waals surface area (Å²) in [6, 6.07) is -5.50. The van der Waals surface area contributed by atoms with Crippen molar-refractivity contribution >= 4 is 35.6 Å². The average Bonchev–Trinajstić information content (AvgIpc) is 2.75. The van der Waals surface area contributed by atoms with Crippen LogP contribution < -0.4 is 27.4 Å². The predicted molar refractivity (Wildman–Crippen MR) is 118 cm³/mol. The Bertz CT molecular complexity index is 759. The number of nitrogens with one attached hydrogen (secondary N) is 3. The van der Waals surface area contributed by atoms with Crippen molar-refractivity contribution < 1.29 is 44.1 Å². The molecule has 0 heterocycles. The van der Waals surface area contributed by atoms with E-state index in [0.29, 0.717) is 6.42 Å². The van der Waals surface area contributed by atoms with Crippen LogP contribution in [-0.2, 0) is 28.8 Å². The maximum atomic E-state index is 12.8. The van der Waals surface area contributed by atoms with E-state index in [0.717, 1.165) is 6.92 Å². The van der Waals surface area contributed by atoms with Crippen LogP contribution in [0.3, 0.4) is 0 Å². The Morgan fingerprint density at radius 1 is 0.824 bits per heavy atom. The molecule has 0 rings (SSSR count). The minimum atomic E-state index is -1.64. The van der Waals surface area contributed by atoms with Gasteiger partial charge in [0.2, 0.25) is 23.6 Å². The zero-order valence-corrected chi connectivity index (χ0v) is 19.4. The van der Waals surface area contributed by atoms with Gasteiger partial charge in [0.05, 0.1) is 12.1 Å². The molecule has 0 saturated heterocycles. The second kappa shape index (κ2) is 14.8. The van der Waals surface area contributed by atoms with E-state index >= 15 is 0 Å². The van der Waals surface area contributed by atoms with E-state index in [1.807, 2.05) is 6.92 Å². The summed E-state index contributed by atoms with van der Waals surface area (Å²) in [6.45, 7) is 4.72. The fourth-order valence-corrected chi connectivity index (χ4v) is 2.78. The molecule has 0 fully saturated rings. The van der Waals surface area contributed by atoms with Gasteiger partial charge in [-0.15, -0.1) is 0 Å². The molecule has 14 heteroatoms. The summed E-state index contributed by atoms with van der Waals surface area (Å²) in [5.41, 5.74) is 11.0. The Hall–Kier alpha value is -3.26. The first-order valence-corrected chi connectivity index (χ1v) is 10.8. The smallest absolute Gasteiger partial charge is 0.326 e. The first kappa shape index (κ1) is 30.7. The van der Waals surface area contributed by atoms with Gasteiger partial charge in [-0.1, -0.05) is 20.3 Å². The van der Waals surface area contributed by atoms with Gasteiger partial charge in [-0.2, -0.15) is 0 Å². The van der Waals surface area contributed by atoms with Gasteiger partial charge in [0.15, 0.2) is 0 Å². The molecule has 0 spiro atoms. The van der Waals surface area contributed by atoms with E-state index < -0.39 is 78.7 Å². The molecule has 6 unspecified atom stereocenters. The molecule has 194 valence electrons. The summed E-state index contributed by atoms with van der Waals surface area (Å²) in [5, 5.41) is 34.6. The maximum absolute atomic E-state index is 12.8. The molecule has 0 aromatic rings. The number of nitrogens with two attached hydrogens (primary N) is 2. The number of rotatable bonds is 16. The number of aliphatic hydroxyl groups is 1. The van der Waals surface area contributed by atoms with E-state index in [1.165, 1.54) is 0 Å². The molecule has 34 heavy (non-hydrogen) atoms. The lowest BCUT2D eigenvalue weighted by Gasteiger charge is -2.27. The molecule has 0 radical (unpaired) electrons. The summed E-state index contributed by atoms with van der Waals surface area (Å²) >= 11 is 0. The van der Waals surface area contributed by atoms with E-state index in [1.54, 1.807) is 6.92 Å². The molecule has 0 aliphatic heterocycles. The molecular formula is C20H35N5O9. The molecule has 0 aliphatic carbocycles. The van der Waals surface area contributed by atoms with Crippen LogP contribution in [0.1, 0.15) is 52.9 Å². The van der Waals surface area contributed by atoms with Gasteiger partial charge >= 0.3 is 11.9 Å². The Labute approximate surface area is 196 Å². The summed E-state index contributed by atoms with van der Waals surface area (Å²) in [4.78, 5) is 71.0. The third kappa shape index (κ3) is 11.0. The molecule has 6 atom stereocenters. The highest BCUT2D eigenvalue weighted by Gasteiger charge is 2.33. The highest BCUT2D eigenvalue weighted by molar-refractivity contribution is 5.94. The fourth-order valence-electron chi connectivity index (χ4n) is 2.78. The van der Waals surface area contributed by atoms with Gasteiger partial charge in [0.1, 0.15) is 18.1 Å². The van der Waals surface area contributed by atoms with E-state index in [2.05, 4.69) is 16.0 Å². The third-order valence-corrected chi connectivity index (χ3v) is 5.20. The Kier molecular flexibility index (Phi) is 13.4. The van der Waals surface area contributed by atoms with Crippen LogP contribution in [0.25, 0.3) is 0 Å². The number of carboxylic acids is 2. The second-order valence-electron chi connectivity index (χ2n) is 8.04. The molecule has 10 N–H and O–H groups in total. The molecule has 0 bridgehead atoms. The number of carboxylic acid groups (broad SMARTS) is 2. The summed E-state index contributed by atoms with van der Waals surface area (Å²) in [5.74, 6) is -6.43. The van der Waals surface area contributed by atoms with Crippen molar-refractivity contribution in [3.05, 3.63) is 0 Å². The lowest BCUT2D eigenvalue weighted by atomic mass is 9.98. The number of hydrogen-bond donors (Lipinski definition) is 8. The summed E-state index contributed by atoms with van der Waals surface area (Å²) in [7, 11) is 0. The first-order chi connectivity index (χ1) is 15.7. The van der Waals surface area contributed by atoms with Crippen molar-refractivity contribution in [2.24, 2.45) is 17.4 Å². The maximum Gasteiger partial charge on any atom is 0.326 e. The SMILES string of the molecule is CCC(C)C(N)C(=O)NC(CCC(N)=O)C(=O)NC(C(=O)NC(CCC(=O)O)C(=O)O)C(C)O. The van der Waals surface area contributed by atoms with Crippen LogP contribution >= 0.6 is 0 Å². The highest BCUT2D eigenvalue weighted by atomic mass is 16.4. The zero-order valence-electron chi connectivity index (χ0n) is 19.4. The molecule has 0 aliphatic rings. The summed E-state index contributed by atoms with van der Waals surface area (Å²) in [6.07, 6.45) is -2.37. The minimum absolute atomic E-state index is 0.213. The Morgan fingerprint density at radius 3 is 1.79 bits per heavy atom. The number of carbonyl (C=O) groups excluding carboxylic acids is 4. The quantitative estimate of drug-likeness (QED) is 0.112. The van der Waals surface area contributed by atoms with E-state index in [9.17, 15) is 39.0 Å². The number of aliphatic hydroxyl groups excluding tert-OH is 1. The predicted octanol–water partition coefficient (Wildman–Crippen LogP) is -2.59. The Balaban J connectivity index is 5.52. The monoisotopic (exact) mass is 489 g/mol. The van der Waals surface area contributed by atoms with Crippen LogP contribution in [0.5, 0.6) is 0 Å². The molecule has 14 nitrogen and oxygen atoms in total. The molecular weight excluding hydrogens is 454 g/mol. The lowest BCUT2D eigenvalue weighted by molar-refractivity contribution is -0.144. The van der Waals surface area contributed by atoms with Gasteiger partial charge in [-0.25, -0.2) is 4.79 Å². The van der Waals surface area contributed by atoms with Gasteiger partial charge in [-0.05, 0) is 25.7 Å². The lowest BCUT2D eigenvalue weighted by Crippen LogP contribution is -2.60.